The van der Waals surface area contributed by atoms with Crippen LogP contribution in [0.25, 0.3) is 10.4 Å². The lowest BCUT2D eigenvalue weighted by Gasteiger charge is -1.93. The third-order valence-corrected chi connectivity index (χ3v) is 1.42. The first-order valence-corrected chi connectivity index (χ1v) is 3.92. The fourth-order valence-corrected chi connectivity index (χ4v) is 0.831. The zero-order chi connectivity index (χ0) is 7.66. The first-order valence-electron chi connectivity index (χ1n) is 3.92. The minimum atomic E-state index is 0.667. The maximum Gasteiger partial charge on any atom is 0.0257 e. The van der Waals surface area contributed by atoms with E-state index >= 15 is 0 Å². The Morgan fingerprint density at radius 1 is 1.20 bits per heavy atom. The Morgan fingerprint density at radius 3 is 2.50 bits per heavy atom. The molecule has 0 heterocycles. The number of unbranched alkanes of at least 4 members (excludes halogenated alkanes) is 4. The Morgan fingerprint density at radius 2 is 1.90 bits per heavy atom. The second kappa shape index (κ2) is 8.31. The molecule has 0 fully saturated rings. The van der Waals surface area contributed by atoms with Crippen LogP contribution in [0, 0.1) is 0 Å². The maximum atomic E-state index is 7.93. The summed E-state index contributed by atoms with van der Waals surface area (Å²) in [5.41, 5.74) is 7.93. The summed E-state index contributed by atoms with van der Waals surface area (Å²) in [6.07, 6.45) is 6.09. The molecule has 0 spiro atoms. The van der Waals surface area contributed by atoms with Crippen molar-refractivity contribution in [3.63, 3.8) is 0 Å². The summed E-state index contributed by atoms with van der Waals surface area (Å²) in [6, 6.07) is 0. The third-order valence-electron chi connectivity index (χ3n) is 1.42. The van der Waals surface area contributed by atoms with Crippen LogP contribution in [0.2, 0.25) is 0 Å². The molecule has 0 saturated carbocycles. The Labute approximate surface area is 62.1 Å². The van der Waals surface area contributed by atoms with Gasteiger partial charge in [0.2, 0.25) is 0 Å². The number of nitrogens with zero attached hydrogens (tertiary/aromatic N) is 3. The molecule has 0 aliphatic rings. The summed E-state index contributed by atoms with van der Waals surface area (Å²) in [5, 5.41) is 3.45. The molecule has 58 valence electrons. The lowest BCUT2D eigenvalue weighted by atomic mass is 10.2. The van der Waals surface area contributed by atoms with Crippen molar-refractivity contribution in [3.05, 3.63) is 10.4 Å². The highest BCUT2D eigenvalue weighted by atomic mass is 15.1. The molecule has 10 heavy (non-hydrogen) atoms. The molecule has 0 radical (unpaired) electrons. The zero-order valence-corrected chi connectivity index (χ0v) is 6.58. The van der Waals surface area contributed by atoms with Crippen molar-refractivity contribution in [2.45, 2.75) is 39.0 Å². The van der Waals surface area contributed by atoms with Gasteiger partial charge in [-0.15, -0.1) is 0 Å². The largest absolute Gasteiger partial charge is 0.0940 e. The topological polar surface area (TPSA) is 48.8 Å². The molecular formula is C7H15N3. The van der Waals surface area contributed by atoms with E-state index in [1.54, 1.807) is 0 Å². The molecule has 3 heteroatoms. The Kier molecular flexibility index (Phi) is 7.74. The van der Waals surface area contributed by atoms with Crippen LogP contribution in [0.5, 0.6) is 0 Å². The highest BCUT2D eigenvalue weighted by Gasteiger charge is 1.85. The van der Waals surface area contributed by atoms with E-state index in [-0.39, 0.29) is 0 Å². The number of azide groups is 1. The molecule has 0 unspecified atom stereocenters. The molecule has 0 bridgehead atoms. The van der Waals surface area contributed by atoms with E-state index in [2.05, 4.69) is 16.9 Å². The molecule has 0 N–H and O–H groups in total. The van der Waals surface area contributed by atoms with E-state index in [0.717, 1.165) is 6.42 Å². The van der Waals surface area contributed by atoms with Gasteiger partial charge in [-0.1, -0.05) is 37.7 Å². The molecule has 0 atom stereocenters. The summed E-state index contributed by atoms with van der Waals surface area (Å²) < 4.78 is 0. The van der Waals surface area contributed by atoms with Crippen molar-refractivity contribution in [1.82, 2.24) is 0 Å². The molecular weight excluding hydrogens is 126 g/mol. The highest BCUT2D eigenvalue weighted by molar-refractivity contribution is 4.47. The average Bonchev–Trinajstić information content (AvgIpc) is 1.97. The SMILES string of the molecule is CCCCCCCN=[N+]=[N-]. The predicted octanol–water partition coefficient (Wildman–Crippen LogP) is 3.27. The number of hydrogen-bond donors (Lipinski definition) is 0. The first kappa shape index (κ1) is 9.31. The molecule has 0 rings (SSSR count). The maximum absolute atomic E-state index is 7.93. The smallest absolute Gasteiger partial charge is 0.0257 e. The van der Waals surface area contributed by atoms with Gasteiger partial charge in [-0.25, -0.2) is 0 Å². The van der Waals surface area contributed by atoms with E-state index in [0.29, 0.717) is 6.54 Å². The van der Waals surface area contributed by atoms with Crippen LogP contribution in [-0.2, 0) is 0 Å². The summed E-state index contributed by atoms with van der Waals surface area (Å²) >= 11 is 0. The van der Waals surface area contributed by atoms with E-state index in [1.165, 1.54) is 25.7 Å². The van der Waals surface area contributed by atoms with Crippen LogP contribution in [0.3, 0.4) is 0 Å². The fraction of sp³-hybridized carbons (Fsp3) is 1.00. The van der Waals surface area contributed by atoms with E-state index in [4.69, 9.17) is 5.53 Å². The van der Waals surface area contributed by atoms with Crippen LogP contribution in [0.15, 0.2) is 5.11 Å². The van der Waals surface area contributed by atoms with Gasteiger partial charge in [-0.3, -0.25) is 0 Å². The lowest BCUT2D eigenvalue weighted by molar-refractivity contribution is 0.637. The van der Waals surface area contributed by atoms with Gasteiger partial charge in [0.25, 0.3) is 0 Å². The van der Waals surface area contributed by atoms with E-state index < -0.39 is 0 Å². The molecule has 0 saturated heterocycles. The summed E-state index contributed by atoms with van der Waals surface area (Å²) in [7, 11) is 0. The zero-order valence-electron chi connectivity index (χ0n) is 6.58. The number of hydrogen-bond acceptors (Lipinski definition) is 1. The molecule has 0 aliphatic heterocycles. The summed E-state index contributed by atoms with van der Waals surface area (Å²) in [5.74, 6) is 0. The van der Waals surface area contributed by atoms with Gasteiger partial charge in [0.1, 0.15) is 0 Å². The van der Waals surface area contributed by atoms with Gasteiger partial charge in [0, 0.05) is 11.5 Å². The second-order valence-corrected chi connectivity index (χ2v) is 2.37. The lowest BCUT2D eigenvalue weighted by Crippen LogP contribution is -1.79. The fourth-order valence-electron chi connectivity index (χ4n) is 0.831. The quantitative estimate of drug-likeness (QED) is 0.236. The van der Waals surface area contributed by atoms with Gasteiger partial charge in [0.05, 0.1) is 0 Å². The molecule has 0 aromatic rings. The normalized spacial score (nSPS) is 8.90. The van der Waals surface area contributed by atoms with Crippen LogP contribution < -0.4 is 0 Å². The van der Waals surface area contributed by atoms with E-state index in [1.807, 2.05) is 0 Å². The van der Waals surface area contributed by atoms with Crippen LogP contribution >= 0.6 is 0 Å². The predicted molar refractivity (Wildman–Crippen MR) is 42.8 cm³/mol. The van der Waals surface area contributed by atoms with Gasteiger partial charge in [-0.05, 0) is 12.0 Å². The van der Waals surface area contributed by atoms with Crippen LogP contribution in [0.4, 0.5) is 0 Å². The van der Waals surface area contributed by atoms with Crippen LogP contribution in [-0.4, -0.2) is 6.54 Å². The monoisotopic (exact) mass is 141 g/mol. The molecule has 3 nitrogen and oxygen atoms in total. The Balaban J connectivity index is 2.83. The van der Waals surface area contributed by atoms with E-state index in [9.17, 15) is 0 Å². The van der Waals surface area contributed by atoms with Gasteiger partial charge in [0.15, 0.2) is 0 Å². The van der Waals surface area contributed by atoms with Gasteiger partial charge < -0.3 is 0 Å². The summed E-state index contributed by atoms with van der Waals surface area (Å²) in [4.78, 5) is 2.68. The first-order chi connectivity index (χ1) is 4.91. The van der Waals surface area contributed by atoms with Crippen molar-refractivity contribution < 1.29 is 0 Å². The number of rotatable bonds is 6. The Bertz CT molecular complexity index is 105. The second-order valence-electron chi connectivity index (χ2n) is 2.37. The van der Waals surface area contributed by atoms with Crippen molar-refractivity contribution >= 4 is 0 Å². The molecule has 0 aromatic carbocycles. The summed E-state index contributed by atoms with van der Waals surface area (Å²) in [6.45, 7) is 2.85. The van der Waals surface area contributed by atoms with Crippen molar-refractivity contribution in [1.29, 1.82) is 0 Å². The average molecular weight is 141 g/mol. The van der Waals surface area contributed by atoms with Crippen molar-refractivity contribution in [2.75, 3.05) is 6.54 Å². The van der Waals surface area contributed by atoms with Gasteiger partial charge in [-0.2, -0.15) is 0 Å². The molecule has 0 amide bonds. The molecule has 0 aromatic heterocycles. The van der Waals surface area contributed by atoms with Gasteiger partial charge >= 0.3 is 0 Å². The van der Waals surface area contributed by atoms with Crippen molar-refractivity contribution in [2.24, 2.45) is 5.11 Å². The Hall–Kier alpha value is -0.690. The standard InChI is InChI=1S/C7H15N3/c1-2-3-4-5-6-7-9-10-8/h2-7H2,1H3. The van der Waals surface area contributed by atoms with Crippen LogP contribution in [0.1, 0.15) is 39.0 Å². The minimum Gasteiger partial charge on any atom is -0.0940 e. The molecule has 0 aliphatic carbocycles. The highest BCUT2D eigenvalue weighted by Crippen LogP contribution is 2.01. The minimum absolute atomic E-state index is 0.667. The van der Waals surface area contributed by atoms with Crippen molar-refractivity contribution in [3.8, 4) is 0 Å². The third kappa shape index (κ3) is 7.31.